The van der Waals surface area contributed by atoms with Crippen LogP contribution in [0.2, 0.25) is 0 Å². The number of nitrogens with one attached hydrogen (secondary N) is 1. The average Bonchev–Trinajstić information content (AvgIpc) is 2.34. The summed E-state index contributed by atoms with van der Waals surface area (Å²) in [6.07, 6.45) is 0. The van der Waals surface area contributed by atoms with Crippen molar-refractivity contribution in [3.05, 3.63) is 24.3 Å². The van der Waals surface area contributed by atoms with E-state index < -0.39 is 10.0 Å². The number of benzene rings is 1. The lowest BCUT2D eigenvalue weighted by molar-refractivity contribution is 0.217. The molecule has 0 aromatic heterocycles. The Labute approximate surface area is 107 Å². The fraction of sp³-hybridized carbons (Fsp3) is 0.455. The number of hydrogen-bond donors (Lipinski definition) is 2. The molecule has 1 aromatic rings. The molecular formula is C11H18N2O4S. The summed E-state index contributed by atoms with van der Waals surface area (Å²) in [4.78, 5) is 0. The lowest BCUT2D eigenvalue weighted by atomic mass is 10.3. The van der Waals surface area contributed by atoms with Crippen molar-refractivity contribution in [2.75, 3.05) is 37.3 Å². The summed E-state index contributed by atoms with van der Waals surface area (Å²) in [5, 5.41) is 0. The number of nitrogens with two attached hydrogens (primary N) is 1. The summed E-state index contributed by atoms with van der Waals surface area (Å²) in [6, 6.07) is 6.71. The zero-order chi connectivity index (χ0) is 13.4. The summed E-state index contributed by atoms with van der Waals surface area (Å²) < 4.78 is 35.8. The molecule has 0 aliphatic carbocycles. The lowest BCUT2D eigenvalue weighted by Gasteiger charge is -2.09. The van der Waals surface area contributed by atoms with Crippen molar-refractivity contribution in [2.45, 2.75) is 0 Å². The minimum absolute atomic E-state index is 0.0859. The fourth-order valence-electron chi connectivity index (χ4n) is 1.25. The van der Waals surface area contributed by atoms with E-state index in [0.29, 0.717) is 24.6 Å². The van der Waals surface area contributed by atoms with Gasteiger partial charge in [0.25, 0.3) is 0 Å². The van der Waals surface area contributed by atoms with Gasteiger partial charge in [-0.15, -0.1) is 0 Å². The van der Waals surface area contributed by atoms with Crippen LogP contribution in [0.15, 0.2) is 24.3 Å². The lowest BCUT2D eigenvalue weighted by Crippen LogP contribution is -2.19. The highest BCUT2D eigenvalue weighted by molar-refractivity contribution is 7.92. The summed E-state index contributed by atoms with van der Waals surface area (Å²) in [7, 11) is -1.93. The Balaban J connectivity index is 2.66. The highest BCUT2D eigenvalue weighted by Gasteiger charge is 2.10. The van der Waals surface area contributed by atoms with E-state index in [-0.39, 0.29) is 12.4 Å². The molecule has 0 aliphatic rings. The molecule has 0 aliphatic heterocycles. The highest BCUT2D eigenvalue weighted by Crippen LogP contribution is 2.18. The molecule has 102 valence electrons. The largest absolute Gasteiger partial charge is 0.492 e. The Morgan fingerprint density at radius 3 is 2.78 bits per heavy atom. The molecule has 0 unspecified atom stereocenters. The van der Waals surface area contributed by atoms with Crippen molar-refractivity contribution >= 4 is 15.7 Å². The molecule has 0 fully saturated rings. The van der Waals surface area contributed by atoms with Gasteiger partial charge >= 0.3 is 0 Å². The van der Waals surface area contributed by atoms with Crippen molar-refractivity contribution in [1.82, 2.24) is 0 Å². The van der Waals surface area contributed by atoms with E-state index in [0.717, 1.165) is 0 Å². The van der Waals surface area contributed by atoms with Crippen molar-refractivity contribution in [1.29, 1.82) is 0 Å². The molecule has 0 radical (unpaired) electrons. The molecule has 0 spiro atoms. The van der Waals surface area contributed by atoms with Crippen LogP contribution in [0.4, 0.5) is 5.69 Å². The van der Waals surface area contributed by atoms with Crippen molar-refractivity contribution in [2.24, 2.45) is 5.73 Å². The zero-order valence-corrected chi connectivity index (χ0v) is 11.1. The summed E-state index contributed by atoms with van der Waals surface area (Å²) in [6.45, 7) is 0.947. The standard InChI is InChI=1S/C11H18N2O4S/c1-16-7-8-18(14,15)13-10-3-2-4-11(9-10)17-6-5-12/h2-4,9,13H,5-8,12H2,1H3. The van der Waals surface area contributed by atoms with E-state index in [2.05, 4.69) is 4.72 Å². The van der Waals surface area contributed by atoms with Crippen molar-refractivity contribution in [3.8, 4) is 5.75 Å². The van der Waals surface area contributed by atoms with Crippen LogP contribution in [0.5, 0.6) is 5.75 Å². The summed E-state index contributed by atoms with van der Waals surface area (Å²) >= 11 is 0. The quantitative estimate of drug-likeness (QED) is 0.716. The second-order valence-corrected chi connectivity index (χ2v) is 5.42. The SMILES string of the molecule is COCCS(=O)(=O)Nc1cccc(OCCN)c1. The van der Waals surface area contributed by atoms with E-state index in [1.54, 1.807) is 24.3 Å². The van der Waals surface area contributed by atoms with Gasteiger partial charge in [0, 0.05) is 19.7 Å². The van der Waals surface area contributed by atoms with Gasteiger partial charge < -0.3 is 15.2 Å². The van der Waals surface area contributed by atoms with Crippen LogP contribution in [-0.2, 0) is 14.8 Å². The molecular weight excluding hydrogens is 256 g/mol. The number of rotatable bonds is 8. The third-order valence-corrected chi connectivity index (χ3v) is 3.30. The smallest absolute Gasteiger partial charge is 0.235 e. The predicted molar refractivity (Wildman–Crippen MR) is 70.3 cm³/mol. The first kappa shape index (κ1) is 14.7. The van der Waals surface area contributed by atoms with Crippen LogP contribution in [-0.4, -0.2) is 41.0 Å². The van der Waals surface area contributed by atoms with E-state index in [4.69, 9.17) is 15.2 Å². The van der Waals surface area contributed by atoms with Gasteiger partial charge in [-0.1, -0.05) is 6.07 Å². The van der Waals surface area contributed by atoms with Crippen LogP contribution in [0.3, 0.4) is 0 Å². The fourth-order valence-corrected chi connectivity index (χ4v) is 2.22. The Bertz CT molecular complexity index is 462. The number of methoxy groups -OCH3 is 1. The number of ether oxygens (including phenoxy) is 2. The first-order valence-electron chi connectivity index (χ1n) is 5.50. The molecule has 0 heterocycles. The molecule has 0 bridgehead atoms. The second-order valence-electron chi connectivity index (χ2n) is 3.58. The van der Waals surface area contributed by atoms with Gasteiger partial charge in [0.1, 0.15) is 12.4 Å². The van der Waals surface area contributed by atoms with Crippen LogP contribution in [0.1, 0.15) is 0 Å². The maximum Gasteiger partial charge on any atom is 0.235 e. The van der Waals surface area contributed by atoms with Crippen molar-refractivity contribution < 1.29 is 17.9 Å². The average molecular weight is 274 g/mol. The minimum Gasteiger partial charge on any atom is -0.492 e. The molecule has 0 atom stereocenters. The maximum absolute atomic E-state index is 11.6. The molecule has 7 heteroatoms. The molecule has 0 saturated carbocycles. The predicted octanol–water partition coefficient (Wildman–Crippen LogP) is 0.412. The van der Waals surface area contributed by atoms with Crippen molar-refractivity contribution in [3.63, 3.8) is 0 Å². The van der Waals surface area contributed by atoms with Gasteiger partial charge in [-0.25, -0.2) is 8.42 Å². The first-order valence-corrected chi connectivity index (χ1v) is 7.15. The summed E-state index contributed by atoms with van der Waals surface area (Å²) in [5.74, 6) is 0.490. The zero-order valence-electron chi connectivity index (χ0n) is 10.3. The van der Waals surface area contributed by atoms with E-state index in [1.807, 2.05) is 0 Å². The van der Waals surface area contributed by atoms with Crippen LogP contribution in [0, 0.1) is 0 Å². The Kier molecular flexibility index (Phi) is 5.90. The van der Waals surface area contributed by atoms with Crippen LogP contribution in [0.25, 0.3) is 0 Å². The molecule has 0 amide bonds. The van der Waals surface area contributed by atoms with Gasteiger partial charge in [0.05, 0.1) is 18.0 Å². The minimum atomic E-state index is -3.39. The van der Waals surface area contributed by atoms with Crippen LogP contribution >= 0.6 is 0 Å². The molecule has 1 aromatic carbocycles. The third kappa shape index (κ3) is 5.35. The van der Waals surface area contributed by atoms with Gasteiger partial charge in [0.2, 0.25) is 10.0 Å². The van der Waals surface area contributed by atoms with E-state index >= 15 is 0 Å². The molecule has 1 rings (SSSR count). The number of hydrogen-bond acceptors (Lipinski definition) is 5. The van der Waals surface area contributed by atoms with Gasteiger partial charge in [-0.3, -0.25) is 4.72 Å². The van der Waals surface area contributed by atoms with Crippen LogP contribution < -0.4 is 15.2 Å². The highest BCUT2D eigenvalue weighted by atomic mass is 32.2. The van der Waals surface area contributed by atoms with Gasteiger partial charge in [-0.2, -0.15) is 0 Å². The topological polar surface area (TPSA) is 90.7 Å². The summed E-state index contributed by atoms with van der Waals surface area (Å²) in [5.41, 5.74) is 5.78. The Hall–Kier alpha value is -1.31. The van der Waals surface area contributed by atoms with E-state index in [9.17, 15) is 8.42 Å². The molecule has 0 saturated heterocycles. The molecule has 18 heavy (non-hydrogen) atoms. The Morgan fingerprint density at radius 1 is 1.33 bits per heavy atom. The first-order chi connectivity index (χ1) is 8.57. The van der Waals surface area contributed by atoms with Gasteiger partial charge in [-0.05, 0) is 12.1 Å². The van der Waals surface area contributed by atoms with E-state index in [1.165, 1.54) is 7.11 Å². The monoisotopic (exact) mass is 274 g/mol. The second kappa shape index (κ2) is 7.20. The molecule has 6 nitrogen and oxygen atoms in total. The molecule has 3 N–H and O–H groups in total. The normalized spacial score (nSPS) is 11.2. The Morgan fingerprint density at radius 2 is 2.11 bits per heavy atom. The maximum atomic E-state index is 11.6. The number of sulfonamides is 1. The van der Waals surface area contributed by atoms with Gasteiger partial charge in [0.15, 0.2) is 0 Å². The number of anilines is 1. The third-order valence-electron chi connectivity index (χ3n) is 2.05.